The number of carbonyl (C=O) groups excluding carboxylic acids is 3. The van der Waals surface area contributed by atoms with E-state index in [1.54, 1.807) is 12.2 Å². The van der Waals surface area contributed by atoms with Crippen LogP contribution in [0.25, 0.3) is 0 Å². The van der Waals surface area contributed by atoms with Crippen LogP contribution in [0.2, 0.25) is 0 Å². The predicted octanol–water partition coefficient (Wildman–Crippen LogP) is 2.28. The molecule has 0 spiro atoms. The second kappa shape index (κ2) is 6.21. The fourth-order valence-corrected chi connectivity index (χ4v) is 6.79. The molecule has 3 fully saturated rings. The van der Waals surface area contributed by atoms with Crippen molar-refractivity contribution in [2.45, 2.75) is 45.1 Å². The molecular weight excluding hydrogens is 344 g/mol. The number of hydrogen-bond donors (Lipinski definition) is 1. The highest BCUT2D eigenvalue weighted by Gasteiger charge is 2.69. The van der Waals surface area contributed by atoms with E-state index < -0.39 is 11.0 Å². The number of carbonyl (C=O) groups is 3. The first-order valence-corrected chi connectivity index (χ1v) is 9.94. The Labute approximate surface area is 159 Å². The van der Waals surface area contributed by atoms with Crippen molar-refractivity contribution in [3.8, 4) is 0 Å². The fourth-order valence-electron chi connectivity index (χ4n) is 6.79. The molecule has 0 aromatic carbocycles. The van der Waals surface area contributed by atoms with Gasteiger partial charge in [0.1, 0.15) is 18.0 Å². The van der Waals surface area contributed by atoms with Gasteiger partial charge in [0.15, 0.2) is 11.6 Å². The number of fused-ring (bicyclic) bond motifs is 5. The van der Waals surface area contributed by atoms with Crippen LogP contribution in [-0.4, -0.2) is 41.8 Å². The minimum absolute atomic E-state index is 0.00169. The minimum Gasteiger partial charge on any atom is -0.381 e. The largest absolute Gasteiger partial charge is 0.381 e. The van der Waals surface area contributed by atoms with E-state index >= 15 is 0 Å². The zero-order valence-corrected chi connectivity index (χ0v) is 16.2. The number of methoxy groups -OCH3 is 1. The van der Waals surface area contributed by atoms with Crippen molar-refractivity contribution in [1.29, 1.82) is 0 Å². The van der Waals surface area contributed by atoms with E-state index in [2.05, 4.69) is 0 Å². The molecule has 0 heterocycles. The van der Waals surface area contributed by atoms with Gasteiger partial charge in [0.05, 0.1) is 0 Å². The molecule has 0 bridgehead atoms. The molecule has 0 aromatic heterocycles. The summed E-state index contributed by atoms with van der Waals surface area (Å²) in [5.74, 6) is -0.281. The lowest BCUT2D eigenvalue weighted by atomic mass is 9.50. The third-order valence-electron chi connectivity index (χ3n) is 7.98. The zero-order valence-electron chi connectivity index (χ0n) is 16.2. The van der Waals surface area contributed by atoms with Crippen LogP contribution < -0.4 is 0 Å². The van der Waals surface area contributed by atoms with Gasteiger partial charge in [-0.2, -0.15) is 0 Å². The van der Waals surface area contributed by atoms with Crippen LogP contribution in [0.1, 0.15) is 39.5 Å². The number of ether oxygens (including phenoxy) is 1. The van der Waals surface area contributed by atoms with Crippen LogP contribution in [0.15, 0.2) is 23.8 Å². The first-order valence-electron chi connectivity index (χ1n) is 9.94. The number of aliphatic hydroxyl groups is 1. The lowest BCUT2D eigenvalue weighted by Crippen LogP contribution is -2.60. The Bertz CT molecular complexity index is 765. The topological polar surface area (TPSA) is 80.7 Å². The first-order chi connectivity index (χ1) is 12.7. The highest BCUT2D eigenvalue weighted by molar-refractivity contribution is 6.01. The SMILES string of the molecule is COCC(=O)[C@@]1(O)[C@H](C)C[C@H]2[C@@H]3CCC4=CC(=O)C=C[C@@H]4[C@H]3C(=O)C[C@@]21C. The van der Waals surface area contributed by atoms with E-state index in [9.17, 15) is 19.5 Å². The molecule has 5 heteroatoms. The van der Waals surface area contributed by atoms with Gasteiger partial charge in [-0.25, -0.2) is 0 Å². The lowest BCUT2D eigenvalue weighted by Gasteiger charge is -2.53. The zero-order chi connectivity index (χ0) is 19.6. The van der Waals surface area contributed by atoms with Crippen molar-refractivity contribution < 1.29 is 24.2 Å². The van der Waals surface area contributed by atoms with E-state index in [1.165, 1.54) is 7.11 Å². The Kier molecular flexibility index (Phi) is 4.32. The van der Waals surface area contributed by atoms with Crippen molar-refractivity contribution in [1.82, 2.24) is 0 Å². The Hall–Kier alpha value is -1.59. The maximum absolute atomic E-state index is 13.3. The van der Waals surface area contributed by atoms with Crippen LogP contribution in [0.5, 0.6) is 0 Å². The molecule has 4 rings (SSSR count). The normalized spacial score (nSPS) is 45.8. The average molecular weight is 372 g/mol. The van der Waals surface area contributed by atoms with Crippen LogP contribution in [0, 0.1) is 35.0 Å². The van der Waals surface area contributed by atoms with Gasteiger partial charge in [0, 0.05) is 30.8 Å². The molecule has 1 N–H and O–H groups in total. The second-order valence-corrected chi connectivity index (χ2v) is 9.16. The van der Waals surface area contributed by atoms with Crippen LogP contribution in [0.4, 0.5) is 0 Å². The van der Waals surface area contributed by atoms with Gasteiger partial charge in [-0.05, 0) is 49.2 Å². The summed E-state index contributed by atoms with van der Waals surface area (Å²) in [5.41, 5.74) is -1.21. The highest BCUT2D eigenvalue weighted by Crippen LogP contribution is 2.65. The maximum Gasteiger partial charge on any atom is 0.190 e. The molecule has 0 unspecified atom stereocenters. The molecule has 3 saturated carbocycles. The van der Waals surface area contributed by atoms with E-state index in [0.717, 1.165) is 24.8 Å². The highest BCUT2D eigenvalue weighted by atomic mass is 16.5. The molecule has 4 aliphatic rings. The molecular formula is C22H28O5. The van der Waals surface area contributed by atoms with Crippen molar-refractivity contribution in [3.63, 3.8) is 0 Å². The quantitative estimate of drug-likeness (QED) is 0.822. The van der Waals surface area contributed by atoms with Crippen LogP contribution in [0.3, 0.4) is 0 Å². The predicted molar refractivity (Wildman–Crippen MR) is 98.8 cm³/mol. The summed E-state index contributed by atoms with van der Waals surface area (Å²) in [6, 6.07) is 0. The van der Waals surface area contributed by atoms with Crippen LogP contribution in [-0.2, 0) is 19.1 Å². The van der Waals surface area contributed by atoms with Gasteiger partial charge in [-0.1, -0.05) is 25.5 Å². The smallest absolute Gasteiger partial charge is 0.190 e. The first kappa shape index (κ1) is 18.8. The standard InChI is InChI=1S/C22H28O5/c1-12-8-17-16-6-4-13-9-14(23)5-7-15(13)20(16)18(24)10-21(17,2)22(12,26)19(25)11-27-3/h5,7,9,12,15-17,20,26H,4,6,8,10-11H2,1-3H3/t12-,15+,16+,17+,20-,21+,22+/m1/s1. The number of hydrogen-bond acceptors (Lipinski definition) is 5. The lowest BCUT2D eigenvalue weighted by molar-refractivity contribution is -0.172. The number of allylic oxidation sites excluding steroid dienone is 4. The second-order valence-electron chi connectivity index (χ2n) is 9.16. The molecule has 0 amide bonds. The van der Waals surface area contributed by atoms with Crippen molar-refractivity contribution in [2.75, 3.05) is 13.7 Å². The molecule has 5 nitrogen and oxygen atoms in total. The van der Waals surface area contributed by atoms with Crippen LogP contribution >= 0.6 is 0 Å². The monoisotopic (exact) mass is 372 g/mol. The third kappa shape index (κ3) is 2.40. The van der Waals surface area contributed by atoms with Crippen molar-refractivity contribution in [3.05, 3.63) is 23.8 Å². The third-order valence-corrected chi connectivity index (χ3v) is 7.98. The molecule has 0 saturated heterocycles. The summed E-state index contributed by atoms with van der Waals surface area (Å²) >= 11 is 0. The maximum atomic E-state index is 13.3. The molecule has 0 aliphatic heterocycles. The summed E-state index contributed by atoms with van der Waals surface area (Å²) in [7, 11) is 1.45. The van der Waals surface area contributed by atoms with Gasteiger partial charge in [-0.15, -0.1) is 0 Å². The Balaban J connectivity index is 1.72. The van der Waals surface area contributed by atoms with Gasteiger partial charge >= 0.3 is 0 Å². The van der Waals surface area contributed by atoms with E-state index in [-0.39, 0.29) is 60.0 Å². The summed E-state index contributed by atoms with van der Waals surface area (Å²) in [5, 5.41) is 11.5. The van der Waals surface area contributed by atoms with Gasteiger partial charge in [-0.3, -0.25) is 14.4 Å². The summed E-state index contributed by atoms with van der Waals surface area (Å²) < 4.78 is 5.03. The summed E-state index contributed by atoms with van der Waals surface area (Å²) in [6.07, 6.45) is 7.76. The molecule has 0 radical (unpaired) electrons. The number of ketones is 3. The minimum atomic E-state index is -1.53. The molecule has 4 aliphatic carbocycles. The Morgan fingerprint density at radius 2 is 2.11 bits per heavy atom. The molecule has 7 atom stereocenters. The molecule has 27 heavy (non-hydrogen) atoms. The van der Waals surface area contributed by atoms with Gasteiger partial charge in [0.2, 0.25) is 0 Å². The van der Waals surface area contributed by atoms with E-state index in [0.29, 0.717) is 0 Å². The summed E-state index contributed by atoms with van der Waals surface area (Å²) in [4.78, 5) is 37.8. The summed E-state index contributed by atoms with van der Waals surface area (Å²) in [6.45, 7) is 3.71. The Morgan fingerprint density at radius 3 is 2.81 bits per heavy atom. The molecule has 0 aromatic rings. The number of Topliss-reactive ketones (excluding diaryl/α,β-unsaturated/α-hetero) is 2. The van der Waals surface area contributed by atoms with Gasteiger partial charge in [0.25, 0.3) is 0 Å². The Morgan fingerprint density at radius 1 is 1.37 bits per heavy atom. The average Bonchev–Trinajstić information content (AvgIpc) is 2.82. The fraction of sp³-hybridized carbons (Fsp3) is 0.682. The number of rotatable bonds is 3. The van der Waals surface area contributed by atoms with Crippen molar-refractivity contribution >= 4 is 17.3 Å². The van der Waals surface area contributed by atoms with E-state index in [1.807, 2.05) is 19.9 Å². The van der Waals surface area contributed by atoms with E-state index in [4.69, 9.17) is 4.74 Å². The van der Waals surface area contributed by atoms with Crippen molar-refractivity contribution in [2.24, 2.45) is 35.0 Å². The van der Waals surface area contributed by atoms with Gasteiger partial charge < -0.3 is 9.84 Å². The molecule has 146 valence electrons.